The van der Waals surface area contributed by atoms with Crippen molar-refractivity contribution in [1.29, 1.82) is 0 Å². The van der Waals surface area contributed by atoms with Gasteiger partial charge in [-0.2, -0.15) is 0 Å². The van der Waals surface area contributed by atoms with Gasteiger partial charge in [0, 0.05) is 11.5 Å². The first kappa shape index (κ1) is 9.86. The lowest BCUT2D eigenvalue weighted by Crippen LogP contribution is -2.05. The topological polar surface area (TPSA) is 17.1 Å². The molecule has 0 radical (unpaired) electrons. The van der Waals surface area contributed by atoms with E-state index in [0.717, 1.165) is 23.3 Å². The Hall–Kier alpha value is -1.33. The van der Waals surface area contributed by atoms with Crippen LogP contribution in [0, 0.1) is 0 Å². The highest BCUT2D eigenvalue weighted by Gasteiger charge is 2.25. The van der Waals surface area contributed by atoms with Gasteiger partial charge in [0.15, 0.2) is 0 Å². The Morgan fingerprint density at radius 2 is 1.81 bits per heavy atom. The van der Waals surface area contributed by atoms with Gasteiger partial charge >= 0.3 is 0 Å². The van der Waals surface area contributed by atoms with Gasteiger partial charge in [-0.1, -0.05) is 48.5 Å². The zero-order chi connectivity index (χ0) is 11.0. The minimum atomic E-state index is -2.25. The summed E-state index contributed by atoms with van der Waals surface area (Å²) in [4.78, 5) is 0. The molecule has 0 fully saturated rings. The summed E-state index contributed by atoms with van der Waals surface area (Å²) in [5.41, 5.74) is 0. The largest absolute Gasteiger partial charge is 0.314 e. The van der Waals surface area contributed by atoms with Gasteiger partial charge in [0.2, 0.25) is 0 Å². The molecule has 0 aliphatic carbocycles. The zero-order valence-corrected chi connectivity index (χ0v) is 9.86. The summed E-state index contributed by atoms with van der Waals surface area (Å²) in [6.45, 7) is 0. The number of fused-ring (bicyclic) bond motifs is 1. The van der Waals surface area contributed by atoms with E-state index in [1.807, 2.05) is 36.2 Å². The molecule has 0 saturated heterocycles. The van der Waals surface area contributed by atoms with Crippen LogP contribution in [0.15, 0.2) is 54.4 Å². The summed E-state index contributed by atoms with van der Waals surface area (Å²) in [5, 5.41) is 3.34. The van der Waals surface area contributed by atoms with Crippen LogP contribution in [0.2, 0.25) is 0 Å². The third-order valence-corrected chi connectivity index (χ3v) is 5.97. The molecule has 0 spiro atoms. The van der Waals surface area contributed by atoms with E-state index in [0.29, 0.717) is 0 Å². The van der Waals surface area contributed by atoms with Gasteiger partial charge in [-0.3, -0.25) is 0 Å². The molecule has 3 rings (SSSR count). The summed E-state index contributed by atoms with van der Waals surface area (Å²) in [7, 11) is -2.25. The Morgan fingerprint density at radius 1 is 1.00 bits per heavy atom. The molecule has 2 aromatic rings. The smallest absolute Gasteiger partial charge is 0.136 e. The molecule has 0 aromatic heterocycles. The second kappa shape index (κ2) is 3.61. The van der Waals surface area contributed by atoms with Gasteiger partial charge in [0.25, 0.3) is 0 Å². The van der Waals surface area contributed by atoms with Crippen molar-refractivity contribution in [3.05, 3.63) is 54.4 Å². The number of allylic oxidation sites excluding steroid dienone is 1. The predicted molar refractivity (Wildman–Crippen MR) is 69.8 cm³/mol. The van der Waals surface area contributed by atoms with Crippen molar-refractivity contribution in [2.24, 2.45) is 0 Å². The average Bonchev–Trinajstić information content (AvgIpc) is 2.77. The van der Waals surface area contributed by atoms with Crippen LogP contribution in [0.25, 0.3) is 10.8 Å². The van der Waals surface area contributed by atoms with E-state index in [4.69, 9.17) is 0 Å². The third kappa shape index (κ3) is 1.44. The van der Waals surface area contributed by atoms with E-state index in [2.05, 4.69) is 18.2 Å². The maximum atomic E-state index is 12.7. The lowest BCUT2D eigenvalue weighted by molar-refractivity contribution is 0.588. The molecule has 80 valence electrons. The van der Waals surface area contributed by atoms with Crippen LogP contribution >= 0.6 is 7.14 Å². The van der Waals surface area contributed by atoms with Crippen molar-refractivity contribution < 1.29 is 4.57 Å². The Bertz CT molecular complexity index is 608. The van der Waals surface area contributed by atoms with Gasteiger partial charge in [0.1, 0.15) is 7.14 Å². The highest BCUT2D eigenvalue weighted by atomic mass is 31.2. The van der Waals surface area contributed by atoms with Gasteiger partial charge in [-0.25, -0.2) is 0 Å². The quantitative estimate of drug-likeness (QED) is 0.679. The van der Waals surface area contributed by atoms with E-state index >= 15 is 0 Å². The van der Waals surface area contributed by atoms with Crippen molar-refractivity contribution in [3.63, 3.8) is 0 Å². The van der Waals surface area contributed by atoms with Gasteiger partial charge in [-0.15, -0.1) is 0 Å². The van der Waals surface area contributed by atoms with Crippen LogP contribution in [0.1, 0.15) is 6.42 Å². The number of hydrogen-bond donors (Lipinski definition) is 0. The van der Waals surface area contributed by atoms with Crippen LogP contribution in [-0.2, 0) is 4.57 Å². The summed E-state index contributed by atoms with van der Waals surface area (Å²) >= 11 is 0. The fourth-order valence-corrected chi connectivity index (χ4v) is 4.85. The summed E-state index contributed by atoms with van der Waals surface area (Å²) in [6, 6.07) is 14.3. The molecule has 1 nitrogen and oxygen atoms in total. The van der Waals surface area contributed by atoms with E-state index in [1.165, 1.54) is 5.39 Å². The molecule has 1 unspecified atom stereocenters. The molecule has 1 aliphatic rings. The van der Waals surface area contributed by atoms with Crippen molar-refractivity contribution >= 4 is 23.2 Å². The Morgan fingerprint density at radius 3 is 2.62 bits per heavy atom. The fourth-order valence-electron chi connectivity index (χ4n) is 2.32. The second-order valence-corrected chi connectivity index (χ2v) is 7.01. The first-order valence-corrected chi connectivity index (χ1v) is 7.50. The van der Waals surface area contributed by atoms with Crippen molar-refractivity contribution in [2.45, 2.75) is 6.42 Å². The lowest BCUT2D eigenvalue weighted by Gasteiger charge is -2.12. The number of rotatable bonds is 1. The molecule has 1 heterocycles. The van der Waals surface area contributed by atoms with E-state index in [-0.39, 0.29) is 0 Å². The number of benzene rings is 2. The van der Waals surface area contributed by atoms with Crippen molar-refractivity contribution in [2.75, 3.05) is 6.16 Å². The van der Waals surface area contributed by atoms with E-state index < -0.39 is 7.14 Å². The van der Waals surface area contributed by atoms with Crippen LogP contribution in [-0.4, -0.2) is 6.16 Å². The Balaban J connectivity index is 2.32. The molecular weight excluding hydrogens is 215 g/mol. The first-order chi connectivity index (χ1) is 7.80. The average molecular weight is 228 g/mol. The highest BCUT2D eigenvalue weighted by Crippen LogP contribution is 2.51. The fraction of sp³-hybridized carbons (Fsp3) is 0.143. The van der Waals surface area contributed by atoms with E-state index in [9.17, 15) is 4.57 Å². The predicted octanol–water partition coefficient (Wildman–Crippen LogP) is 3.75. The first-order valence-electron chi connectivity index (χ1n) is 5.54. The van der Waals surface area contributed by atoms with Gasteiger partial charge in [0.05, 0.1) is 0 Å². The molecule has 2 heteroatoms. The monoisotopic (exact) mass is 228 g/mol. The normalized spacial score (nSPS) is 24.0. The lowest BCUT2D eigenvalue weighted by atomic mass is 10.1. The van der Waals surface area contributed by atoms with Gasteiger partial charge < -0.3 is 4.57 Å². The SMILES string of the molecule is O=P1(c2cccc3ccccc23)C=CCC1. The van der Waals surface area contributed by atoms with Crippen LogP contribution in [0.5, 0.6) is 0 Å². The second-order valence-electron chi connectivity index (χ2n) is 4.19. The van der Waals surface area contributed by atoms with Crippen molar-refractivity contribution in [1.82, 2.24) is 0 Å². The minimum Gasteiger partial charge on any atom is -0.314 e. The van der Waals surface area contributed by atoms with E-state index in [1.54, 1.807) is 0 Å². The molecule has 1 aliphatic heterocycles. The standard InChI is InChI=1S/C14H13OP/c15-16(10-3-4-11-16)14-9-5-7-12-6-1-2-8-13(12)14/h1-3,5-10H,4,11H2. The molecule has 1 atom stereocenters. The third-order valence-electron chi connectivity index (χ3n) is 3.15. The molecule has 16 heavy (non-hydrogen) atoms. The maximum Gasteiger partial charge on any atom is 0.136 e. The summed E-state index contributed by atoms with van der Waals surface area (Å²) < 4.78 is 12.7. The van der Waals surface area contributed by atoms with Crippen molar-refractivity contribution in [3.8, 4) is 0 Å². The number of hydrogen-bond acceptors (Lipinski definition) is 1. The van der Waals surface area contributed by atoms with Gasteiger partial charge in [-0.05, 0) is 23.0 Å². The molecule has 0 bridgehead atoms. The van der Waals surface area contributed by atoms with Crippen LogP contribution in [0.3, 0.4) is 0 Å². The van der Waals surface area contributed by atoms with Crippen LogP contribution < -0.4 is 5.30 Å². The highest BCUT2D eigenvalue weighted by molar-refractivity contribution is 7.75. The molecule has 0 saturated carbocycles. The zero-order valence-electron chi connectivity index (χ0n) is 8.97. The maximum absolute atomic E-state index is 12.7. The molecule has 0 N–H and O–H groups in total. The molecule has 2 aromatic carbocycles. The molecule has 0 amide bonds. The minimum absolute atomic E-state index is 0.793. The Labute approximate surface area is 95.2 Å². The summed E-state index contributed by atoms with van der Waals surface area (Å²) in [6.07, 6.45) is 3.78. The van der Waals surface area contributed by atoms with Crippen LogP contribution in [0.4, 0.5) is 0 Å². The molecular formula is C14H13OP. The Kier molecular flexibility index (Phi) is 2.22. The summed E-state index contributed by atoms with van der Waals surface area (Å²) in [5.74, 6) is 1.93.